The second-order valence-corrected chi connectivity index (χ2v) is 16.3. The molecule has 4 aromatic heterocycles. The molecule has 0 N–H and O–H groups in total. The minimum Gasteiger partial charge on any atom is -0.456 e. The van der Waals surface area contributed by atoms with Crippen molar-refractivity contribution in [2.75, 3.05) is 0 Å². The van der Waals surface area contributed by atoms with E-state index in [1.165, 1.54) is 5.56 Å². The van der Waals surface area contributed by atoms with Crippen LogP contribution in [0.1, 0.15) is 0 Å². The fraction of sp³-hybridized carbons (Fsp3) is 0. The number of pyridine rings is 1. The van der Waals surface area contributed by atoms with Crippen LogP contribution in [0.2, 0.25) is 0 Å². The maximum Gasteiger partial charge on any atom is 0.160 e. The van der Waals surface area contributed by atoms with Crippen molar-refractivity contribution in [1.29, 1.82) is 0 Å². The SMILES string of the molecule is c1ccc(-c2ccc(-c3nc4ccccc4c4c(-c5ccc(-c6cc(-c7cccc8c7oc7ccccc78)nc(-c7ccccc7)n6)cc5)c5c(cc34)oc3ccccc35)cc2)cc1. The first-order chi connectivity index (χ1) is 31.7. The zero-order valence-electron chi connectivity index (χ0n) is 34.4. The summed E-state index contributed by atoms with van der Waals surface area (Å²) in [7, 11) is 0. The van der Waals surface area contributed by atoms with Crippen LogP contribution in [-0.2, 0) is 0 Å². The van der Waals surface area contributed by atoms with E-state index in [0.717, 1.165) is 122 Å². The van der Waals surface area contributed by atoms with Crippen LogP contribution in [0.5, 0.6) is 0 Å². The van der Waals surface area contributed by atoms with Gasteiger partial charge in [-0.15, -0.1) is 0 Å². The molecule has 0 amide bonds. The Balaban J connectivity index is 1.02. The third-order valence-electron chi connectivity index (χ3n) is 12.5. The monoisotopic (exact) mass is 817 g/mol. The summed E-state index contributed by atoms with van der Waals surface area (Å²) in [4.78, 5) is 15.7. The Morgan fingerprint density at radius 2 is 0.891 bits per heavy atom. The van der Waals surface area contributed by atoms with Gasteiger partial charge in [0.05, 0.1) is 22.6 Å². The molecule has 0 fully saturated rings. The number of hydrogen-bond acceptors (Lipinski definition) is 5. The van der Waals surface area contributed by atoms with Gasteiger partial charge in [0.1, 0.15) is 22.3 Å². The molecule has 0 aliphatic heterocycles. The van der Waals surface area contributed by atoms with E-state index in [1.54, 1.807) is 0 Å². The first-order valence-corrected chi connectivity index (χ1v) is 21.5. The molecule has 298 valence electrons. The van der Waals surface area contributed by atoms with E-state index in [2.05, 4.69) is 164 Å². The predicted molar refractivity (Wildman–Crippen MR) is 262 cm³/mol. The van der Waals surface area contributed by atoms with Gasteiger partial charge < -0.3 is 8.83 Å². The normalized spacial score (nSPS) is 11.8. The van der Waals surface area contributed by atoms with Gasteiger partial charge in [-0.05, 0) is 53.1 Å². The Labute approximate surface area is 367 Å². The third-order valence-corrected chi connectivity index (χ3v) is 12.5. The number of furan rings is 2. The van der Waals surface area contributed by atoms with Crippen LogP contribution >= 0.6 is 0 Å². The lowest BCUT2D eigenvalue weighted by Gasteiger charge is -2.16. The van der Waals surface area contributed by atoms with Gasteiger partial charge in [0, 0.05) is 65.5 Å². The van der Waals surface area contributed by atoms with Gasteiger partial charge in [0.15, 0.2) is 5.82 Å². The van der Waals surface area contributed by atoms with Crippen molar-refractivity contribution >= 4 is 65.6 Å². The van der Waals surface area contributed by atoms with Crippen LogP contribution in [0, 0.1) is 0 Å². The fourth-order valence-electron chi connectivity index (χ4n) is 9.48. The highest BCUT2D eigenvalue weighted by atomic mass is 16.3. The van der Waals surface area contributed by atoms with Crippen molar-refractivity contribution in [2.24, 2.45) is 0 Å². The first kappa shape index (κ1) is 36.0. The lowest BCUT2D eigenvalue weighted by molar-refractivity contribution is 0.669. The zero-order valence-corrected chi connectivity index (χ0v) is 34.4. The third kappa shape index (κ3) is 5.83. The molecule has 0 bridgehead atoms. The number of aromatic nitrogens is 3. The zero-order chi connectivity index (χ0) is 42.1. The largest absolute Gasteiger partial charge is 0.456 e. The predicted octanol–water partition coefficient (Wildman–Crippen LogP) is 16.0. The van der Waals surface area contributed by atoms with Crippen LogP contribution in [-0.4, -0.2) is 15.0 Å². The number of hydrogen-bond donors (Lipinski definition) is 0. The molecule has 0 aliphatic carbocycles. The lowest BCUT2D eigenvalue weighted by atomic mass is 9.89. The van der Waals surface area contributed by atoms with E-state index < -0.39 is 0 Å². The van der Waals surface area contributed by atoms with Gasteiger partial charge in [-0.2, -0.15) is 0 Å². The van der Waals surface area contributed by atoms with Crippen molar-refractivity contribution in [3.8, 4) is 67.4 Å². The van der Waals surface area contributed by atoms with Gasteiger partial charge in [-0.1, -0.05) is 176 Å². The molecule has 5 heteroatoms. The molecule has 0 spiro atoms. The smallest absolute Gasteiger partial charge is 0.160 e. The van der Waals surface area contributed by atoms with Gasteiger partial charge in [0.25, 0.3) is 0 Å². The van der Waals surface area contributed by atoms with E-state index in [4.69, 9.17) is 23.8 Å². The minimum atomic E-state index is 0.647. The fourth-order valence-corrected chi connectivity index (χ4v) is 9.48. The molecule has 0 aliphatic rings. The number of nitrogens with zero attached hydrogens (tertiary/aromatic N) is 3. The molecule has 5 nitrogen and oxygen atoms in total. The van der Waals surface area contributed by atoms with E-state index in [9.17, 15) is 0 Å². The van der Waals surface area contributed by atoms with E-state index in [0.29, 0.717) is 5.82 Å². The summed E-state index contributed by atoms with van der Waals surface area (Å²) in [6.07, 6.45) is 0. The van der Waals surface area contributed by atoms with Gasteiger partial charge in [-0.3, -0.25) is 0 Å². The Morgan fingerprint density at radius 1 is 0.312 bits per heavy atom. The van der Waals surface area contributed by atoms with Crippen LogP contribution in [0.3, 0.4) is 0 Å². The van der Waals surface area contributed by atoms with Crippen molar-refractivity contribution in [1.82, 2.24) is 15.0 Å². The molecule has 13 aromatic rings. The summed E-state index contributed by atoms with van der Waals surface area (Å²) in [6.45, 7) is 0. The average molecular weight is 818 g/mol. The summed E-state index contributed by atoms with van der Waals surface area (Å²) in [5.41, 5.74) is 15.2. The standard InChI is InChI=1S/C59H35N3O2/c1-3-14-36(15-4-1)37-26-32-40(33-27-37)57-47-34-53-56(46-20-9-12-25-52(46)63-53)54(55(47)44-19-7-10-23-48(44)60-57)39-30-28-38(29-31-39)49-35-50(62-59(61-49)41-16-5-2-6-17-41)45-22-13-21-43-42-18-8-11-24-51(42)64-58(43)45/h1-35H. The molecule has 4 heterocycles. The Hall–Kier alpha value is -8.67. The van der Waals surface area contributed by atoms with E-state index in [1.807, 2.05) is 48.5 Å². The highest BCUT2D eigenvalue weighted by molar-refractivity contribution is 6.27. The second-order valence-electron chi connectivity index (χ2n) is 16.3. The molecular formula is C59H35N3O2. The van der Waals surface area contributed by atoms with Crippen molar-refractivity contribution < 1.29 is 8.83 Å². The highest BCUT2D eigenvalue weighted by Crippen LogP contribution is 2.47. The van der Waals surface area contributed by atoms with Crippen LogP contribution in [0.25, 0.3) is 133 Å². The molecule has 9 aromatic carbocycles. The van der Waals surface area contributed by atoms with Crippen LogP contribution in [0.15, 0.2) is 221 Å². The van der Waals surface area contributed by atoms with E-state index in [-0.39, 0.29) is 0 Å². The van der Waals surface area contributed by atoms with Gasteiger partial charge >= 0.3 is 0 Å². The molecule has 0 saturated heterocycles. The number of rotatable bonds is 6. The molecule has 0 atom stereocenters. The summed E-state index contributed by atoms with van der Waals surface area (Å²) in [5, 5.41) is 7.53. The number of para-hydroxylation sites is 4. The summed E-state index contributed by atoms with van der Waals surface area (Å²) < 4.78 is 13.2. The van der Waals surface area contributed by atoms with Crippen LogP contribution < -0.4 is 0 Å². The molecular weight excluding hydrogens is 783 g/mol. The lowest BCUT2D eigenvalue weighted by Crippen LogP contribution is -1.96. The summed E-state index contributed by atoms with van der Waals surface area (Å²) in [5.74, 6) is 0.647. The Bertz CT molecular complexity index is 3930. The number of fused-ring (bicyclic) bond motifs is 9. The highest BCUT2D eigenvalue weighted by Gasteiger charge is 2.23. The first-order valence-electron chi connectivity index (χ1n) is 21.5. The van der Waals surface area contributed by atoms with Gasteiger partial charge in [-0.25, -0.2) is 15.0 Å². The maximum atomic E-state index is 6.70. The van der Waals surface area contributed by atoms with E-state index >= 15 is 0 Å². The Morgan fingerprint density at radius 3 is 1.67 bits per heavy atom. The molecule has 0 unspecified atom stereocenters. The molecule has 13 rings (SSSR count). The quantitative estimate of drug-likeness (QED) is 0.156. The van der Waals surface area contributed by atoms with Gasteiger partial charge in [0.2, 0.25) is 0 Å². The molecule has 0 radical (unpaired) electrons. The summed E-state index contributed by atoms with van der Waals surface area (Å²) >= 11 is 0. The van der Waals surface area contributed by atoms with Crippen LogP contribution in [0.4, 0.5) is 0 Å². The molecule has 0 saturated carbocycles. The number of benzene rings is 9. The minimum absolute atomic E-state index is 0.647. The maximum absolute atomic E-state index is 6.70. The Kier molecular flexibility index (Phi) is 8.15. The topological polar surface area (TPSA) is 65.0 Å². The summed E-state index contributed by atoms with van der Waals surface area (Å²) in [6, 6.07) is 73.7. The molecule has 64 heavy (non-hydrogen) atoms. The second kappa shape index (κ2) is 14.5. The van der Waals surface area contributed by atoms with Crippen molar-refractivity contribution in [3.63, 3.8) is 0 Å². The average Bonchev–Trinajstić information content (AvgIpc) is 3.94. The van der Waals surface area contributed by atoms with Crippen molar-refractivity contribution in [3.05, 3.63) is 212 Å². The van der Waals surface area contributed by atoms with Crippen molar-refractivity contribution in [2.45, 2.75) is 0 Å².